The first-order valence-corrected chi connectivity index (χ1v) is 34.9. The zero-order valence-electron chi connectivity index (χ0n) is 54.0. The van der Waals surface area contributed by atoms with Crippen molar-refractivity contribution in [1.82, 2.24) is 0 Å². The van der Waals surface area contributed by atoms with Crippen LogP contribution in [0.15, 0.2) is 109 Å². The maximum Gasteiger partial charge on any atom is 0.306 e. The van der Waals surface area contributed by atoms with Gasteiger partial charge in [0.1, 0.15) is 13.2 Å². The van der Waals surface area contributed by atoms with Gasteiger partial charge in [-0.05, 0) is 89.9 Å². The Morgan fingerprint density at radius 3 is 0.744 bits per heavy atom. The number of hydrogen-bond donors (Lipinski definition) is 0. The lowest BCUT2D eigenvalue weighted by Gasteiger charge is -2.18. The summed E-state index contributed by atoms with van der Waals surface area (Å²) in [4.78, 5) is 38.0. The normalized spacial score (nSPS) is 12.8. The third-order valence-corrected chi connectivity index (χ3v) is 15.0. The molecule has 0 fully saturated rings. The largest absolute Gasteiger partial charge is 0.462 e. The van der Waals surface area contributed by atoms with Gasteiger partial charge in [0.2, 0.25) is 0 Å². The van der Waals surface area contributed by atoms with Crippen molar-refractivity contribution in [3.8, 4) is 0 Å². The monoisotopic (exact) mass is 1140 g/mol. The Morgan fingerprint density at radius 1 is 0.256 bits per heavy atom. The summed E-state index contributed by atoms with van der Waals surface area (Å²) in [6.07, 6.45) is 96.0. The van der Waals surface area contributed by atoms with E-state index in [1.165, 1.54) is 167 Å². The van der Waals surface area contributed by atoms with Crippen LogP contribution in [0, 0.1) is 0 Å². The van der Waals surface area contributed by atoms with Crippen LogP contribution >= 0.6 is 0 Å². The van der Waals surface area contributed by atoms with Crippen molar-refractivity contribution < 1.29 is 28.6 Å². The third kappa shape index (κ3) is 66.9. The molecule has 0 rings (SSSR count). The first kappa shape index (κ1) is 78.1. The van der Waals surface area contributed by atoms with Crippen LogP contribution < -0.4 is 0 Å². The van der Waals surface area contributed by atoms with Gasteiger partial charge in [0.05, 0.1) is 0 Å². The highest BCUT2D eigenvalue weighted by molar-refractivity contribution is 5.71. The summed E-state index contributed by atoms with van der Waals surface area (Å²) in [7, 11) is 0. The summed E-state index contributed by atoms with van der Waals surface area (Å²) in [6.45, 7) is 6.47. The van der Waals surface area contributed by atoms with E-state index in [0.717, 1.165) is 128 Å². The lowest BCUT2D eigenvalue weighted by molar-refractivity contribution is -0.167. The van der Waals surface area contributed by atoms with Crippen LogP contribution in [0.3, 0.4) is 0 Å². The Kier molecular flexibility index (Phi) is 66.2. The van der Waals surface area contributed by atoms with Gasteiger partial charge in [0.25, 0.3) is 0 Å². The third-order valence-electron chi connectivity index (χ3n) is 15.0. The molecule has 6 nitrogen and oxygen atoms in total. The first-order chi connectivity index (χ1) is 40.5. The predicted molar refractivity (Wildman–Crippen MR) is 357 cm³/mol. The summed E-state index contributed by atoms with van der Waals surface area (Å²) < 4.78 is 16.8. The number of unbranched alkanes of at least 4 members (excludes halogenated alkanes) is 34. The Morgan fingerprint density at radius 2 is 0.476 bits per heavy atom. The molecule has 0 aromatic carbocycles. The highest BCUT2D eigenvalue weighted by Gasteiger charge is 2.19. The van der Waals surface area contributed by atoms with Gasteiger partial charge in [-0.15, -0.1) is 0 Å². The molecule has 0 heterocycles. The fourth-order valence-electron chi connectivity index (χ4n) is 9.85. The van der Waals surface area contributed by atoms with Crippen molar-refractivity contribution in [2.45, 2.75) is 341 Å². The second-order valence-corrected chi connectivity index (χ2v) is 23.1. The Balaban J connectivity index is 4.04. The quantitative estimate of drug-likeness (QED) is 0.0261. The summed E-state index contributed by atoms with van der Waals surface area (Å²) in [6, 6.07) is 0. The minimum Gasteiger partial charge on any atom is -0.462 e. The zero-order valence-corrected chi connectivity index (χ0v) is 54.0. The molecular weight excluding hydrogens is 1010 g/mol. The standard InChI is InChI=1S/C76H130O6/c1-4-7-10-13-15-17-19-21-23-25-27-29-31-33-34-35-36-37-38-39-40-41-42-43-45-46-48-50-52-54-56-58-60-63-66-69-75(78)81-72-73(71-80-74(77)68-65-62-12-9-6-3)82-76(79)70-67-64-61-59-57-55-53-51-49-47-44-32-30-28-26-24-22-20-18-16-14-11-8-5-2/h7,10,15,17,21,23,27,29,33-34,36-37,39-40,42-43,46,48,73H,4-6,8-9,11-14,16,18-20,22,24-26,28,30-32,35,38,41,44-45,47,49-72H2,1-3H3/b10-7-,17-15-,23-21-,29-27-,34-33-,37-36-,40-39-,43-42-,48-46-. The van der Waals surface area contributed by atoms with Crippen molar-refractivity contribution in [2.24, 2.45) is 0 Å². The van der Waals surface area contributed by atoms with Crippen molar-refractivity contribution in [3.05, 3.63) is 109 Å². The van der Waals surface area contributed by atoms with Gasteiger partial charge >= 0.3 is 17.9 Å². The Labute approximate surface area is 508 Å². The molecule has 0 bridgehead atoms. The molecule has 82 heavy (non-hydrogen) atoms. The van der Waals surface area contributed by atoms with E-state index in [2.05, 4.69) is 130 Å². The lowest BCUT2D eigenvalue weighted by Crippen LogP contribution is -2.30. The minimum absolute atomic E-state index is 0.0791. The van der Waals surface area contributed by atoms with E-state index in [-0.39, 0.29) is 31.1 Å². The fraction of sp³-hybridized carbons (Fsp3) is 0.724. The van der Waals surface area contributed by atoms with Gasteiger partial charge in [-0.3, -0.25) is 14.4 Å². The number of ether oxygens (including phenoxy) is 3. The zero-order chi connectivity index (χ0) is 59.2. The molecule has 0 saturated heterocycles. The molecule has 6 heteroatoms. The molecule has 0 aliphatic heterocycles. The molecule has 470 valence electrons. The van der Waals surface area contributed by atoms with E-state index in [1.54, 1.807) is 0 Å². The average molecular weight is 1140 g/mol. The molecule has 0 amide bonds. The van der Waals surface area contributed by atoms with Gasteiger partial charge < -0.3 is 14.2 Å². The molecule has 0 aliphatic rings. The molecule has 0 aliphatic carbocycles. The van der Waals surface area contributed by atoms with E-state index in [9.17, 15) is 14.4 Å². The number of carbonyl (C=O) groups excluding carboxylic acids is 3. The average Bonchev–Trinajstić information content (AvgIpc) is 3.48. The second kappa shape index (κ2) is 69.6. The first-order valence-electron chi connectivity index (χ1n) is 34.9. The molecule has 0 spiro atoms. The van der Waals surface area contributed by atoms with Gasteiger partial charge in [0, 0.05) is 19.3 Å². The van der Waals surface area contributed by atoms with Crippen molar-refractivity contribution in [3.63, 3.8) is 0 Å². The van der Waals surface area contributed by atoms with Crippen LogP contribution in [0.25, 0.3) is 0 Å². The summed E-state index contributed by atoms with van der Waals surface area (Å²) in [5, 5.41) is 0. The summed E-state index contributed by atoms with van der Waals surface area (Å²) >= 11 is 0. The molecule has 0 N–H and O–H groups in total. The highest BCUT2D eigenvalue weighted by atomic mass is 16.6. The number of carbonyl (C=O) groups is 3. The smallest absolute Gasteiger partial charge is 0.306 e. The number of hydrogen-bond acceptors (Lipinski definition) is 6. The fourth-order valence-corrected chi connectivity index (χ4v) is 9.85. The van der Waals surface area contributed by atoms with E-state index < -0.39 is 6.10 Å². The molecule has 0 aromatic heterocycles. The van der Waals surface area contributed by atoms with E-state index >= 15 is 0 Å². The van der Waals surface area contributed by atoms with Crippen LogP contribution in [0.5, 0.6) is 0 Å². The van der Waals surface area contributed by atoms with Crippen LogP contribution in [-0.4, -0.2) is 37.2 Å². The highest BCUT2D eigenvalue weighted by Crippen LogP contribution is 2.17. The number of allylic oxidation sites excluding steroid dienone is 18. The maximum absolute atomic E-state index is 12.9. The lowest BCUT2D eigenvalue weighted by atomic mass is 10.0. The molecule has 0 aromatic rings. The van der Waals surface area contributed by atoms with Crippen LogP contribution in [0.2, 0.25) is 0 Å². The van der Waals surface area contributed by atoms with Gasteiger partial charge in [-0.25, -0.2) is 0 Å². The number of esters is 3. The van der Waals surface area contributed by atoms with E-state index in [1.807, 2.05) is 0 Å². The maximum atomic E-state index is 12.9. The van der Waals surface area contributed by atoms with Gasteiger partial charge in [-0.2, -0.15) is 0 Å². The van der Waals surface area contributed by atoms with E-state index in [0.29, 0.717) is 19.3 Å². The second-order valence-electron chi connectivity index (χ2n) is 23.1. The van der Waals surface area contributed by atoms with Gasteiger partial charge in [0.15, 0.2) is 6.10 Å². The molecule has 0 radical (unpaired) electrons. The SMILES string of the molecule is CC/C=C\C/C=C\C/C=C\C/C=C\C/C=C\C/C=C\C/C=C\C/C=C\C/C=C\CCCCCCCCCC(=O)OCC(COC(=O)CCCCCCC)OC(=O)CCCCCCCCCCCCCCCCCCCCCCCCCC. The minimum atomic E-state index is -0.779. The molecule has 1 atom stereocenters. The summed E-state index contributed by atoms with van der Waals surface area (Å²) in [5.74, 6) is -0.892. The van der Waals surface area contributed by atoms with Gasteiger partial charge in [-0.1, -0.05) is 336 Å². The summed E-state index contributed by atoms with van der Waals surface area (Å²) in [5.41, 5.74) is 0. The van der Waals surface area contributed by atoms with Crippen molar-refractivity contribution in [1.29, 1.82) is 0 Å². The molecular formula is C76H130O6. The predicted octanol–water partition coefficient (Wildman–Crippen LogP) is 24.2. The van der Waals surface area contributed by atoms with Crippen LogP contribution in [-0.2, 0) is 28.6 Å². The van der Waals surface area contributed by atoms with Crippen molar-refractivity contribution >= 4 is 17.9 Å². The molecule has 0 saturated carbocycles. The number of rotatable bonds is 63. The van der Waals surface area contributed by atoms with Crippen LogP contribution in [0.4, 0.5) is 0 Å². The topological polar surface area (TPSA) is 78.9 Å². The molecule has 1 unspecified atom stereocenters. The Bertz CT molecular complexity index is 1640. The van der Waals surface area contributed by atoms with Crippen LogP contribution in [0.1, 0.15) is 335 Å². The Hall–Kier alpha value is -3.93. The van der Waals surface area contributed by atoms with Crippen molar-refractivity contribution in [2.75, 3.05) is 13.2 Å². The van der Waals surface area contributed by atoms with E-state index in [4.69, 9.17) is 14.2 Å².